The zero-order valence-corrected chi connectivity index (χ0v) is 10.9. The Hall–Kier alpha value is -1.42. The molecular weight excluding hydrogens is 238 g/mol. The van der Waals surface area contributed by atoms with Gasteiger partial charge in [-0.05, 0) is 24.1 Å². The lowest BCUT2D eigenvalue weighted by Gasteiger charge is -2.06. The summed E-state index contributed by atoms with van der Waals surface area (Å²) in [5.74, 6) is 1.12. The summed E-state index contributed by atoms with van der Waals surface area (Å²) in [6.45, 7) is 3.41. The Labute approximate surface area is 107 Å². The van der Waals surface area contributed by atoms with Crippen molar-refractivity contribution >= 4 is 17.6 Å². The molecule has 0 aliphatic rings. The smallest absolute Gasteiger partial charge is 0.188 e. The van der Waals surface area contributed by atoms with Gasteiger partial charge in [0.1, 0.15) is 5.75 Å². The number of aliphatic imine (C=N–C) groups is 1. The molecule has 0 fully saturated rings. The number of halogens is 1. The number of ether oxygens (including phenoxy) is 1. The number of rotatable bonds is 5. The van der Waals surface area contributed by atoms with Crippen molar-refractivity contribution in [2.75, 3.05) is 13.7 Å². The molecule has 4 nitrogen and oxygen atoms in total. The van der Waals surface area contributed by atoms with Crippen LogP contribution in [0.4, 0.5) is 0 Å². The van der Waals surface area contributed by atoms with Crippen LogP contribution in [-0.4, -0.2) is 19.6 Å². The minimum atomic E-state index is 0.457. The lowest BCUT2D eigenvalue weighted by Crippen LogP contribution is -2.32. The summed E-state index contributed by atoms with van der Waals surface area (Å²) >= 11 is 6.01. The van der Waals surface area contributed by atoms with Gasteiger partial charge >= 0.3 is 0 Å². The van der Waals surface area contributed by atoms with E-state index in [4.69, 9.17) is 22.1 Å². The van der Waals surface area contributed by atoms with Gasteiger partial charge in [0.2, 0.25) is 0 Å². The van der Waals surface area contributed by atoms with Gasteiger partial charge in [-0.25, -0.2) is 4.99 Å². The molecule has 0 aromatic heterocycles. The van der Waals surface area contributed by atoms with E-state index in [0.717, 1.165) is 18.5 Å². The van der Waals surface area contributed by atoms with Crippen LogP contribution in [0, 0.1) is 0 Å². The van der Waals surface area contributed by atoms with Gasteiger partial charge in [0.25, 0.3) is 0 Å². The molecule has 0 amide bonds. The molecule has 17 heavy (non-hydrogen) atoms. The van der Waals surface area contributed by atoms with Gasteiger partial charge in [0, 0.05) is 6.54 Å². The molecule has 0 saturated heterocycles. The average molecular weight is 256 g/mol. The molecule has 0 aliphatic carbocycles. The molecule has 0 spiro atoms. The summed E-state index contributed by atoms with van der Waals surface area (Å²) in [6, 6.07) is 5.57. The van der Waals surface area contributed by atoms with E-state index in [-0.39, 0.29) is 0 Å². The third-order valence-corrected chi connectivity index (χ3v) is 2.50. The summed E-state index contributed by atoms with van der Waals surface area (Å²) < 4.78 is 5.07. The predicted octanol–water partition coefficient (Wildman–Crippen LogP) is 2.16. The second-order valence-electron chi connectivity index (χ2n) is 3.60. The van der Waals surface area contributed by atoms with Crippen LogP contribution in [0.25, 0.3) is 0 Å². The highest BCUT2D eigenvalue weighted by Crippen LogP contribution is 2.25. The second-order valence-corrected chi connectivity index (χ2v) is 4.00. The highest BCUT2D eigenvalue weighted by Gasteiger charge is 2.01. The average Bonchev–Trinajstić information content (AvgIpc) is 2.34. The van der Waals surface area contributed by atoms with Crippen molar-refractivity contribution in [3.8, 4) is 5.75 Å². The minimum Gasteiger partial charge on any atom is -0.495 e. The number of guanidine groups is 1. The normalized spacial score (nSPS) is 11.4. The van der Waals surface area contributed by atoms with Crippen LogP contribution >= 0.6 is 11.6 Å². The number of nitrogens with zero attached hydrogens (tertiary/aromatic N) is 1. The number of benzene rings is 1. The summed E-state index contributed by atoms with van der Waals surface area (Å²) in [6.07, 6.45) is 1.02. The Morgan fingerprint density at radius 2 is 2.29 bits per heavy atom. The largest absolute Gasteiger partial charge is 0.495 e. The van der Waals surface area contributed by atoms with Crippen LogP contribution in [0.15, 0.2) is 23.2 Å². The summed E-state index contributed by atoms with van der Waals surface area (Å²) in [5.41, 5.74) is 6.68. The molecule has 5 heteroatoms. The molecule has 94 valence electrons. The van der Waals surface area contributed by atoms with Crippen molar-refractivity contribution in [2.45, 2.75) is 19.9 Å². The van der Waals surface area contributed by atoms with E-state index in [2.05, 4.69) is 17.2 Å². The highest BCUT2D eigenvalue weighted by atomic mass is 35.5. The van der Waals surface area contributed by atoms with Crippen LogP contribution in [-0.2, 0) is 6.54 Å². The lowest BCUT2D eigenvalue weighted by atomic mass is 10.2. The third-order valence-electron chi connectivity index (χ3n) is 2.20. The molecule has 1 aromatic rings. The van der Waals surface area contributed by atoms with Gasteiger partial charge in [0.15, 0.2) is 5.96 Å². The maximum atomic E-state index is 6.01. The molecule has 1 rings (SSSR count). The SMILES string of the molecule is CCCNC(N)=NCc1ccc(OC)c(Cl)c1. The van der Waals surface area contributed by atoms with Gasteiger partial charge in [-0.1, -0.05) is 24.6 Å². The molecular formula is C12H18ClN3O. The Kier molecular flexibility index (Phi) is 5.63. The predicted molar refractivity (Wildman–Crippen MR) is 71.6 cm³/mol. The maximum Gasteiger partial charge on any atom is 0.188 e. The second kappa shape index (κ2) is 7.01. The summed E-state index contributed by atoms with van der Waals surface area (Å²) in [4.78, 5) is 4.21. The number of hydrogen-bond acceptors (Lipinski definition) is 2. The zero-order chi connectivity index (χ0) is 12.7. The summed E-state index contributed by atoms with van der Waals surface area (Å²) in [5, 5.41) is 3.59. The van der Waals surface area contributed by atoms with E-state index < -0.39 is 0 Å². The van der Waals surface area contributed by atoms with Gasteiger partial charge < -0.3 is 15.8 Å². The first-order valence-electron chi connectivity index (χ1n) is 5.53. The molecule has 0 atom stereocenters. The first kappa shape index (κ1) is 13.6. The standard InChI is InChI=1S/C12H18ClN3O/c1-3-6-15-12(14)16-8-9-4-5-11(17-2)10(13)7-9/h4-5,7H,3,6,8H2,1-2H3,(H3,14,15,16). The van der Waals surface area contributed by atoms with E-state index in [1.165, 1.54) is 0 Å². The Bertz CT molecular complexity index is 393. The molecule has 1 aromatic carbocycles. The zero-order valence-electron chi connectivity index (χ0n) is 10.2. The highest BCUT2D eigenvalue weighted by molar-refractivity contribution is 6.32. The molecule has 3 N–H and O–H groups in total. The van der Waals surface area contributed by atoms with E-state index in [1.807, 2.05) is 18.2 Å². The number of hydrogen-bond donors (Lipinski definition) is 2. The Morgan fingerprint density at radius 1 is 1.53 bits per heavy atom. The first-order chi connectivity index (χ1) is 8.17. The fourth-order valence-corrected chi connectivity index (χ4v) is 1.57. The fourth-order valence-electron chi connectivity index (χ4n) is 1.29. The van der Waals surface area contributed by atoms with Crippen molar-refractivity contribution < 1.29 is 4.74 Å². The van der Waals surface area contributed by atoms with E-state index >= 15 is 0 Å². The molecule has 0 heterocycles. The van der Waals surface area contributed by atoms with Gasteiger partial charge in [-0.15, -0.1) is 0 Å². The molecule has 0 aliphatic heterocycles. The molecule has 0 unspecified atom stereocenters. The van der Waals surface area contributed by atoms with Gasteiger partial charge in [-0.2, -0.15) is 0 Å². The van der Waals surface area contributed by atoms with Crippen LogP contribution in [0.5, 0.6) is 5.75 Å². The first-order valence-corrected chi connectivity index (χ1v) is 5.91. The van der Waals surface area contributed by atoms with Gasteiger partial charge in [0.05, 0.1) is 18.7 Å². The van der Waals surface area contributed by atoms with Gasteiger partial charge in [-0.3, -0.25) is 0 Å². The van der Waals surface area contributed by atoms with E-state index in [9.17, 15) is 0 Å². The van der Waals surface area contributed by atoms with Crippen molar-refractivity contribution in [2.24, 2.45) is 10.7 Å². The number of methoxy groups -OCH3 is 1. The van der Waals surface area contributed by atoms with E-state index in [0.29, 0.717) is 23.3 Å². The Balaban J connectivity index is 2.60. The minimum absolute atomic E-state index is 0.457. The number of nitrogens with two attached hydrogens (primary N) is 1. The van der Waals surface area contributed by atoms with Crippen molar-refractivity contribution in [3.05, 3.63) is 28.8 Å². The Morgan fingerprint density at radius 3 is 2.88 bits per heavy atom. The van der Waals surface area contributed by atoms with Crippen LogP contribution < -0.4 is 15.8 Å². The molecule has 0 bridgehead atoms. The van der Waals surface area contributed by atoms with E-state index in [1.54, 1.807) is 7.11 Å². The third kappa shape index (κ3) is 4.53. The lowest BCUT2D eigenvalue weighted by molar-refractivity contribution is 0.415. The monoisotopic (exact) mass is 255 g/mol. The van der Waals surface area contributed by atoms with Crippen LogP contribution in [0.1, 0.15) is 18.9 Å². The quantitative estimate of drug-likeness (QED) is 0.626. The molecule has 0 radical (unpaired) electrons. The van der Waals surface area contributed by atoms with Crippen LogP contribution in [0.2, 0.25) is 5.02 Å². The van der Waals surface area contributed by atoms with Crippen molar-refractivity contribution in [1.82, 2.24) is 5.32 Å². The van der Waals surface area contributed by atoms with Crippen molar-refractivity contribution in [1.29, 1.82) is 0 Å². The topological polar surface area (TPSA) is 59.6 Å². The maximum absolute atomic E-state index is 6.01. The number of nitrogens with one attached hydrogen (secondary N) is 1. The molecule has 0 saturated carbocycles. The summed E-state index contributed by atoms with van der Waals surface area (Å²) in [7, 11) is 1.59. The van der Waals surface area contributed by atoms with Crippen molar-refractivity contribution in [3.63, 3.8) is 0 Å². The fraction of sp³-hybridized carbons (Fsp3) is 0.417. The van der Waals surface area contributed by atoms with Crippen LogP contribution in [0.3, 0.4) is 0 Å².